The zero-order valence-corrected chi connectivity index (χ0v) is 4.68. The van der Waals surface area contributed by atoms with Gasteiger partial charge < -0.3 is 0 Å². The quantitative estimate of drug-likeness (QED) is 0.398. The van der Waals surface area contributed by atoms with Gasteiger partial charge in [-0.3, -0.25) is 5.11 Å². The standard InChI is InChI=1S/C6H11O.CH4/c1-2-3-4-5-6-7;/h5-6H,2-4H2,1H3;1H4. The maximum atomic E-state index is 9.62. The first kappa shape index (κ1) is 10.5. The van der Waals surface area contributed by atoms with Gasteiger partial charge in [-0.15, -0.1) is 0 Å². The molecule has 0 amide bonds. The van der Waals surface area contributed by atoms with Crippen molar-refractivity contribution in [2.75, 3.05) is 0 Å². The van der Waals surface area contributed by atoms with E-state index in [-0.39, 0.29) is 7.43 Å². The second kappa shape index (κ2) is 9.74. The highest BCUT2D eigenvalue weighted by molar-refractivity contribution is 4.69. The van der Waals surface area contributed by atoms with Gasteiger partial charge >= 0.3 is 0 Å². The molecule has 0 aliphatic rings. The van der Waals surface area contributed by atoms with Gasteiger partial charge in [-0.2, -0.15) is 0 Å². The van der Waals surface area contributed by atoms with Crippen LogP contribution in [-0.4, -0.2) is 0 Å². The minimum Gasteiger partial charge on any atom is -0.299 e. The summed E-state index contributed by atoms with van der Waals surface area (Å²) in [6, 6.07) is 0. The number of hydrogen-bond acceptors (Lipinski definition) is 0. The van der Waals surface area contributed by atoms with Gasteiger partial charge in [0.15, 0.2) is 0 Å². The summed E-state index contributed by atoms with van der Waals surface area (Å²) < 4.78 is 0. The fourth-order valence-corrected chi connectivity index (χ4v) is 0.390. The smallest absolute Gasteiger partial charge is 0.138 e. The molecule has 0 aliphatic carbocycles. The maximum Gasteiger partial charge on any atom is 0.138 e. The zero-order valence-electron chi connectivity index (χ0n) is 4.68. The molecule has 0 saturated heterocycles. The van der Waals surface area contributed by atoms with Gasteiger partial charge in [0, 0.05) is 0 Å². The minimum absolute atomic E-state index is 0. The molecule has 0 atom stereocenters. The van der Waals surface area contributed by atoms with Crippen LogP contribution in [0.2, 0.25) is 0 Å². The van der Waals surface area contributed by atoms with Gasteiger partial charge in [0.1, 0.15) is 6.26 Å². The average Bonchev–Trinajstić information content (AvgIpc) is 1.69. The van der Waals surface area contributed by atoms with E-state index in [1.165, 1.54) is 6.42 Å². The molecular formula is C7H15O. The molecule has 8 heavy (non-hydrogen) atoms. The van der Waals surface area contributed by atoms with Crippen molar-refractivity contribution in [3.05, 3.63) is 12.3 Å². The van der Waals surface area contributed by atoms with E-state index in [1.54, 1.807) is 6.08 Å². The highest BCUT2D eigenvalue weighted by Crippen LogP contribution is 1.92. The minimum atomic E-state index is 0. The summed E-state index contributed by atoms with van der Waals surface area (Å²) in [7, 11) is 0. The number of unbranched alkanes of at least 4 members (excludes halogenated alkanes) is 2. The first-order valence-corrected chi connectivity index (χ1v) is 2.68. The molecule has 0 aromatic heterocycles. The fraction of sp³-hybridized carbons (Fsp3) is 0.714. The van der Waals surface area contributed by atoms with Gasteiger partial charge in [0.05, 0.1) is 0 Å². The number of rotatable bonds is 3. The van der Waals surface area contributed by atoms with Crippen LogP contribution in [0.4, 0.5) is 0 Å². The third kappa shape index (κ3) is 9.11. The van der Waals surface area contributed by atoms with Crippen molar-refractivity contribution >= 4 is 0 Å². The molecule has 0 aliphatic heterocycles. The summed E-state index contributed by atoms with van der Waals surface area (Å²) in [5, 5.41) is 9.62. The molecule has 0 rings (SSSR count). The molecule has 1 nitrogen and oxygen atoms in total. The van der Waals surface area contributed by atoms with Crippen LogP contribution in [0.25, 0.3) is 0 Å². The van der Waals surface area contributed by atoms with E-state index in [1.807, 2.05) is 0 Å². The Hall–Kier alpha value is -0.460. The molecule has 0 bridgehead atoms. The van der Waals surface area contributed by atoms with E-state index in [2.05, 4.69) is 6.92 Å². The molecule has 1 radical (unpaired) electrons. The van der Waals surface area contributed by atoms with Crippen LogP contribution in [0.3, 0.4) is 0 Å². The van der Waals surface area contributed by atoms with Crippen molar-refractivity contribution in [1.29, 1.82) is 0 Å². The van der Waals surface area contributed by atoms with Crippen LogP contribution in [0.15, 0.2) is 12.3 Å². The van der Waals surface area contributed by atoms with Crippen LogP contribution < -0.4 is 0 Å². The Morgan fingerprint density at radius 2 is 2.12 bits per heavy atom. The third-order valence-corrected chi connectivity index (χ3v) is 0.821. The highest BCUT2D eigenvalue weighted by atomic mass is 16.2. The van der Waals surface area contributed by atoms with E-state index in [9.17, 15) is 5.11 Å². The highest BCUT2D eigenvalue weighted by Gasteiger charge is 1.74. The van der Waals surface area contributed by atoms with Crippen molar-refractivity contribution in [2.45, 2.75) is 33.6 Å². The molecule has 0 aromatic rings. The summed E-state index contributed by atoms with van der Waals surface area (Å²) in [4.78, 5) is 0. The lowest BCUT2D eigenvalue weighted by Crippen LogP contribution is -1.64. The first-order valence-electron chi connectivity index (χ1n) is 2.68. The summed E-state index contributed by atoms with van der Waals surface area (Å²) in [5.41, 5.74) is 0. The predicted molar refractivity (Wildman–Crippen MR) is 36.1 cm³/mol. The second-order valence-electron chi connectivity index (χ2n) is 1.51. The van der Waals surface area contributed by atoms with E-state index < -0.39 is 0 Å². The Bertz CT molecular complexity index is 48.3. The summed E-state index contributed by atoms with van der Waals surface area (Å²) in [6.45, 7) is 2.11. The molecular weight excluding hydrogens is 100 g/mol. The van der Waals surface area contributed by atoms with Crippen molar-refractivity contribution in [2.24, 2.45) is 0 Å². The molecule has 1 heteroatoms. The normalized spacial score (nSPS) is 9.12. The Labute approximate surface area is 52.0 Å². The SMILES string of the molecule is C.CCCCC=C[O]. The molecule has 0 saturated carbocycles. The molecule has 0 heterocycles. The van der Waals surface area contributed by atoms with Gasteiger partial charge in [-0.05, 0) is 18.9 Å². The van der Waals surface area contributed by atoms with Crippen molar-refractivity contribution < 1.29 is 5.11 Å². The lowest BCUT2D eigenvalue weighted by Gasteiger charge is -1.82. The number of allylic oxidation sites excluding steroid dienone is 1. The zero-order chi connectivity index (χ0) is 5.54. The second-order valence-corrected chi connectivity index (χ2v) is 1.51. The summed E-state index contributed by atoms with van der Waals surface area (Å²) in [5.74, 6) is 0. The number of hydrogen-bond donors (Lipinski definition) is 0. The third-order valence-electron chi connectivity index (χ3n) is 0.821. The van der Waals surface area contributed by atoms with Gasteiger partial charge in [0.2, 0.25) is 0 Å². The molecule has 0 unspecified atom stereocenters. The molecule has 0 aromatic carbocycles. The van der Waals surface area contributed by atoms with Crippen molar-refractivity contribution in [3.63, 3.8) is 0 Å². The Kier molecular flexibility index (Phi) is 12.8. The fourth-order valence-electron chi connectivity index (χ4n) is 0.390. The average molecular weight is 115 g/mol. The molecule has 0 spiro atoms. The lowest BCUT2D eigenvalue weighted by molar-refractivity contribution is 0.349. The van der Waals surface area contributed by atoms with Gasteiger partial charge in [0.25, 0.3) is 0 Å². The lowest BCUT2D eigenvalue weighted by atomic mass is 10.2. The van der Waals surface area contributed by atoms with E-state index in [0.717, 1.165) is 19.1 Å². The van der Waals surface area contributed by atoms with Crippen LogP contribution in [0.1, 0.15) is 33.6 Å². The Morgan fingerprint density at radius 1 is 1.50 bits per heavy atom. The summed E-state index contributed by atoms with van der Waals surface area (Å²) >= 11 is 0. The van der Waals surface area contributed by atoms with Crippen LogP contribution >= 0.6 is 0 Å². The molecule has 0 fully saturated rings. The Morgan fingerprint density at radius 3 is 2.50 bits per heavy atom. The first-order chi connectivity index (χ1) is 3.41. The predicted octanol–water partition coefficient (Wildman–Crippen LogP) is 2.76. The van der Waals surface area contributed by atoms with Crippen LogP contribution in [0.5, 0.6) is 0 Å². The van der Waals surface area contributed by atoms with Crippen molar-refractivity contribution in [3.8, 4) is 0 Å². The summed E-state index contributed by atoms with van der Waals surface area (Å²) in [6.07, 6.45) is 5.77. The van der Waals surface area contributed by atoms with Crippen molar-refractivity contribution in [1.82, 2.24) is 0 Å². The van der Waals surface area contributed by atoms with E-state index in [4.69, 9.17) is 0 Å². The van der Waals surface area contributed by atoms with E-state index in [0.29, 0.717) is 0 Å². The van der Waals surface area contributed by atoms with Crippen LogP contribution in [0, 0.1) is 0 Å². The van der Waals surface area contributed by atoms with Gasteiger partial charge in [-0.1, -0.05) is 20.8 Å². The monoisotopic (exact) mass is 115 g/mol. The topological polar surface area (TPSA) is 19.9 Å². The molecule has 49 valence electrons. The maximum absolute atomic E-state index is 9.62. The van der Waals surface area contributed by atoms with Crippen LogP contribution in [-0.2, 0) is 5.11 Å². The van der Waals surface area contributed by atoms with Gasteiger partial charge in [-0.25, -0.2) is 0 Å². The van der Waals surface area contributed by atoms with E-state index >= 15 is 0 Å². The largest absolute Gasteiger partial charge is 0.299 e. The Balaban J connectivity index is 0. The molecule has 0 N–H and O–H groups in total.